The lowest BCUT2D eigenvalue weighted by molar-refractivity contribution is 0.268. The molecule has 0 bridgehead atoms. The average Bonchev–Trinajstić information content (AvgIpc) is 3.08. The van der Waals surface area contributed by atoms with Crippen LogP contribution in [-0.2, 0) is 14.6 Å². The summed E-state index contributed by atoms with van der Waals surface area (Å²) in [5.74, 6) is 0. The molecule has 0 spiro atoms. The van der Waals surface area contributed by atoms with E-state index in [0.29, 0.717) is 12.8 Å². The van der Waals surface area contributed by atoms with Crippen LogP contribution in [0.15, 0.2) is 24.3 Å². The summed E-state index contributed by atoms with van der Waals surface area (Å²) in [7, 11) is -3.06. The van der Waals surface area contributed by atoms with Gasteiger partial charge in [-0.2, -0.15) is 0 Å². The standard InChI is InChI=1S/C12H17NO3S/c1-17(15,16)12(6-7-12)10-4-2-9(3-5-10)11(13)8-14/h2-5,11,14H,6-8,13H2,1H3. The lowest BCUT2D eigenvalue weighted by Gasteiger charge is -2.15. The van der Waals surface area contributed by atoms with Crippen molar-refractivity contribution in [2.45, 2.75) is 23.6 Å². The van der Waals surface area contributed by atoms with E-state index in [-0.39, 0.29) is 6.61 Å². The number of hydrogen-bond acceptors (Lipinski definition) is 4. The van der Waals surface area contributed by atoms with Gasteiger partial charge in [-0.25, -0.2) is 8.42 Å². The first kappa shape index (κ1) is 12.5. The number of hydrogen-bond donors (Lipinski definition) is 2. The van der Waals surface area contributed by atoms with Crippen molar-refractivity contribution in [1.82, 2.24) is 0 Å². The number of benzene rings is 1. The fourth-order valence-corrected chi connectivity index (χ4v) is 3.53. The third-order valence-electron chi connectivity index (χ3n) is 3.48. The maximum Gasteiger partial charge on any atom is 0.157 e. The van der Waals surface area contributed by atoms with E-state index >= 15 is 0 Å². The van der Waals surface area contributed by atoms with Gasteiger partial charge >= 0.3 is 0 Å². The smallest absolute Gasteiger partial charge is 0.157 e. The monoisotopic (exact) mass is 255 g/mol. The van der Waals surface area contributed by atoms with Crippen LogP contribution < -0.4 is 5.73 Å². The molecule has 0 heterocycles. The van der Waals surface area contributed by atoms with Crippen LogP contribution in [0.4, 0.5) is 0 Å². The molecular weight excluding hydrogens is 238 g/mol. The molecule has 0 radical (unpaired) electrons. The number of aliphatic hydroxyl groups is 1. The Morgan fingerprint density at radius 2 is 1.88 bits per heavy atom. The summed E-state index contributed by atoms with van der Waals surface area (Å²) in [4.78, 5) is 0. The summed E-state index contributed by atoms with van der Waals surface area (Å²) < 4.78 is 22.8. The van der Waals surface area contributed by atoms with Crippen LogP contribution >= 0.6 is 0 Å². The van der Waals surface area contributed by atoms with Crippen molar-refractivity contribution in [3.8, 4) is 0 Å². The normalized spacial score (nSPS) is 19.9. The average molecular weight is 255 g/mol. The molecule has 94 valence electrons. The number of aliphatic hydroxyl groups excluding tert-OH is 1. The molecule has 1 saturated carbocycles. The Morgan fingerprint density at radius 3 is 2.24 bits per heavy atom. The van der Waals surface area contributed by atoms with Crippen LogP contribution in [0, 0.1) is 0 Å². The molecule has 1 fully saturated rings. The van der Waals surface area contributed by atoms with Crippen molar-refractivity contribution >= 4 is 9.84 Å². The van der Waals surface area contributed by atoms with E-state index < -0.39 is 20.6 Å². The quantitative estimate of drug-likeness (QED) is 0.830. The molecule has 17 heavy (non-hydrogen) atoms. The van der Waals surface area contributed by atoms with E-state index in [9.17, 15) is 8.42 Å². The van der Waals surface area contributed by atoms with Crippen molar-refractivity contribution in [3.63, 3.8) is 0 Å². The molecule has 1 aliphatic carbocycles. The van der Waals surface area contributed by atoms with Gasteiger partial charge in [-0.3, -0.25) is 0 Å². The van der Waals surface area contributed by atoms with Gasteiger partial charge in [-0.15, -0.1) is 0 Å². The van der Waals surface area contributed by atoms with Gasteiger partial charge in [-0.05, 0) is 24.0 Å². The summed E-state index contributed by atoms with van der Waals surface area (Å²) in [5, 5.41) is 8.94. The van der Waals surface area contributed by atoms with Crippen LogP contribution in [0.5, 0.6) is 0 Å². The Kier molecular flexibility index (Phi) is 3.01. The van der Waals surface area contributed by atoms with Crippen LogP contribution in [0.3, 0.4) is 0 Å². The number of sulfone groups is 1. The Hall–Kier alpha value is -0.910. The van der Waals surface area contributed by atoms with Crippen molar-refractivity contribution in [3.05, 3.63) is 35.4 Å². The molecule has 1 unspecified atom stereocenters. The Balaban J connectivity index is 2.31. The predicted molar refractivity (Wildman–Crippen MR) is 66.2 cm³/mol. The molecule has 1 aromatic rings. The maximum atomic E-state index is 11.7. The first-order valence-corrected chi connectivity index (χ1v) is 7.46. The highest BCUT2D eigenvalue weighted by molar-refractivity contribution is 7.92. The SMILES string of the molecule is CS(=O)(=O)C1(c2ccc(C(N)CO)cc2)CC1. The fourth-order valence-electron chi connectivity index (χ4n) is 2.13. The highest BCUT2D eigenvalue weighted by Crippen LogP contribution is 2.52. The van der Waals surface area contributed by atoms with E-state index in [1.54, 1.807) is 24.3 Å². The van der Waals surface area contributed by atoms with Crippen LogP contribution in [0.2, 0.25) is 0 Å². The minimum Gasteiger partial charge on any atom is -0.394 e. The molecule has 3 N–H and O–H groups in total. The minimum absolute atomic E-state index is 0.115. The highest BCUT2D eigenvalue weighted by atomic mass is 32.2. The van der Waals surface area contributed by atoms with Crippen molar-refractivity contribution in [2.24, 2.45) is 5.73 Å². The lowest BCUT2D eigenvalue weighted by Crippen LogP contribution is -2.20. The molecule has 1 aromatic carbocycles. The molecule has 0 aliphatic heterocycles. The molecule has 0 aromatic heterocycles. The van der Waals surface area contributed by atoms with E-state index in [0.717, 1.165) is 11.1 Å². The summed E-state index contributed by atoms with van der Waals surface area (Å²) >= 11 is 0. The van der Waals surface area contributed by atoms with Crippen molar-refractivity contribution in [1.29, 1.82) is 0 Å². The second-order valence-electron chi connectivity index (χ2n) is 4.68. The molecule has 4 nitrogen and oxygen atoms in total. The van der Waals surface area contributed by atoms with Gasteiger partial charge < -0.3 is 10.8 Å². The second-order valence-corrected chi connectivity index (χ2v) is 7.00. The maximum absolute atomic E-state index is 11.7. The largest absolute Gasteiger partial charge is 0.394 e. The Morgan fingerprint density at radius 1 is 1.35 bits per heavy atom. The highest BCUT2D eigenvalue weighted by Gasteiger charge is 2.53. The van der Waals surface area contributed by atoms with Gasteiger partial charge in [-0.1, -0.05) is 24.3 Å². The van der Waals surface area contributed by atoms with Crippen LogP contribution in [-0.4, -0.2) is 26.4 Å². The topological polar surface area (TPSA) is 80.4 Å². The molecule has 2 rings (SSSR count). The Bertz CT molecular complexity index is 503. The van der Waals surface area contributed by atoms with Crippen LogP contribution in [0.25, 0.3) is 0 Å². The zero-order valence-electron chi connectivity index (χ0n) is 9.76. The van der Waals surface area contributed by atoms with Gasteiger partial charge in [0.1, 0.15) is 0 Å². The van der Waals surface area contributed by atoms with Crippen LogP contribution in [0.1, 0.15) is 30.0 Å². The molecule has 5 heteroatoms. The zero-order valence-corrected chi connectivity index (χ0v) is 10.6. The second kappa shape index (κ2) is 4.08. The summed E-state index contributed by atoms with van der Waals surface area (Å²) in [6.07, 6.45) is 2.67. The molecule has 1 atom stereocenters. The van der Waals surface area contributed by atoms with E-state index in [1.807, 2.05) is 0 Å². The van der Waals surface area contributed by atoms with Gasteiger partial charge in [0, 0.05) is 6.26 Å². The molecule has 0 amide bonds. The summed E-state index contributed by atoms with van der Waals surface area (Å²) in [5.41, 5.74) is 7.33. The fraction of sp³-hybridized carbons (Fsp3) is 0.500. The van der Waals surface area contributed by atoms with E-state index in [1.165, 1.54) is 6.26 Å². The molecule has 0 saturated heterocycles. The van der Waals surface area contributed by atoms with Gasteiger partial charge in [0.25, 0.3) is 0 Å². The zero-order chi connectivity index (χ0) is 12.7. The predicted octanol–water partition coefficient (Wildman–Crippen LogP) is 0.712. The van der Waals surface area contributed by atoms with Gasteiger partial charge in [0.15, 0.2) is 9.84 Å². The summed E-state index contributed by atoms with van der Waals surface area (Å²) in [6.45, 7) is -0.115. The number of nitrogens with two attached hydrogens (primary N) is 1. The first-order valence-electron chi connectivity index (χ1n) is 5.57. The van der Waals surface area contributed by atoms with Crippen molar-refractivity contribution in [2.75, 3.05) is 12.9 Å². The van der Waals surface area contributed by atoms with Gasteiger partial charge in [0.2, 0.25) is 0 Å². The number of rotatable bonds is 4. The van der Waals surface area contributed by atoms with E-state index in [2.05, 4.69) is 0 Å². The molecular formula is C12H17NO3S. The minimum atomic E-state index is -3.06. The van der Waals surface area contributed by atoms with Gasteiger partial charge in [0.05, 0.1) is 17.4 Å². The molecule has 1 aliphatic rings. The summed E-state index contributed by atoms with van der Waals surface area (Å²) in [6, 6.07) is 6.79. The van der Waals surface area contributed by atoms with Crippen molar-refractivity contribution < 1.29 is 13.5 Å². The van der Waals surface area contributed by atoms with E-state index in [4.69, 9.17) is 10.8 Å². The lowest BCUT2D eigenvalue weighted by atomic mass is 10.0. The Labute approximate surface area is 101 Å². The first-order chi connectivity index (χ1) is 7.90. The third kappa shape index (κ3) is 2.10. The third-order valence-corrected chi connectivity index (χ3v) is 5.54.